The van der Waals surface area contributed by atoms with Crippen LogP contribution in [0.15, 0.2) is 42.5 Å². The van der Waals surface area contributed by atoms with E-state index in [0.29, 0.717) is 37.8 Å². The molecule has 4 rings (SSSR count). The number of benzene rings is 2. The molecule has 12 nitrogen and oxygen atoms in total. The fourth-order valence-corrected chi connectivity index (χ4v) is 5.16. The molecule has 262 valence electrons. The molecule has 0 aliphatic carbocycles. The summed E-state index contributed by atoms with van der Waals surface area (Å²) in [6, 6.07) is 13.0. The smallest absolute Gasteiger partial charge is 0.311 e. The number of nitro benzene ring substituents is 1. The first kappa shape index (κ1) is 39.1. The number of likely N-dealkylation sites (tertiary alicyclic amines) is 1. The van der Waals surface area contributed by atoms with E-state index in [1.165, 1.54) is 11.8 Å². The predicted octanol–water partition coefficient (Wildman–Crippen LogP) is 5.97. The summed E-state index contributed by atoms with van der Waals surface area (Å²) in [7, 11) is 0. The maximum atomic E-state index is 12.9. The first-order valence-corrected chi connectivity index (χ1v) is 16.2. The van der Waals surface area contributed by atoms with Crippen LogP contribution in [-0.4, -0.2) is 96.8 Å². The van der Waals surface area contributed by atoms with Crippen molar-refractivity contribution in [2.45, 2.75) is 67.4 Å². The summed E-state index contributed by atoms with van der Waals surface area (Å²) in [5, 5.41) is 18.8. The Bertz CT molecular complexity index is 1250. The number of nitrogens with zero attached hydrogens (tertiary/aromatic N) is 4. The molecule has 2 fully saturated rings. The van der Waals surface area contributed by atoms with Gasteiger partial charge in [0.15, 0.2) is 0 Å². The van der Waals surface area contributed by atoms with Crippen LogP contribution in [0.1, 0.15) is 61.3 Å². The first-order valence-electron chi connectivity index (χ1n) is 16.2. The van der Waals surface area contributed by atoms with Crippen molar-refractivity contribution in [2.75, 3.05) is 63.9 Å². The number of anilines is 1. The van der Waals surface area contributed by atoms with Gasteiger partial charge in [0.1, 0.15) is 17.6 Å². The zero-order valence-electron chi connectivity index (χ0n) is 27.9. The van der Waals surface area contributed by atoms with Crippen LogP contribution in [0.3, 0.4) is 0 Å². The van der Waals surface area contributed by atoms with Gasteiger partial charge in [-0.05, 0) is 42.2 Å². The van der Waals surface area contributed by atoms with Crippen molar-refractivity contribution in [2.24, 2.45) is 11.8 Å². The summed E-state index contributed by atoms with van der Waals surface area (Å²) in [5.41, 5.74) is 1.15. The summed E-state index contributed by atoms with van der Waals surface area (Å²) in [6.45, 7) is 16.3. The highest BCUT2D eigenvalue weighted by Gasteiger charge is 2.26. The van der Waals surface area contributed by atoms with Crippen LogP contribution in [-0.2, 0) is 9.59 Å². The van der Waals surface area contributed by atoms with E-state index in [0.717, 1.165) is 64.8 Å². The van der Waals surface area contributed by atoms with E-state index in [1.807, 2.05) is 30.9 Å². The number of carbonyl (C=O) groups is 2. The number of nitro groups is 1. The van der Waals surface area contributed by atoms with E-state index in [9.17, 15) is 14.9 Å². The van der Waals surface area contributed by atoms with E-state index in [4.69, 9.17) is 24.1 Å². The second-order valence-electron chi connectivity index (χ2n) is 12.6. The van der Waals surface area contributed by atoms with Gasteiger partial charge >= 0.3 is 5.69 Å². The number of aliphatic carboxylic acids is 1. The molecular weight excluding hydrogens is 604 g/mol. The molecule has 0 aromatic heterocycles. The minimum Gasteiger partial charge on any atom is -0.493 e. The minimum atomic E-state index is -0.833. The van der Waals surface area contributed by atoms with Crippen molar-refractivity contribution < 1.29 is 33.8 Å². The van der Waals surface area contributed by atoms with Crippen molar-refractivity contribution >= 4 is 23.3 Å². The van der Waals surface area contributed by atoms with E-state index in [1.54, 1.807) is 12.1 Å². The third-order valence-corrected chi connectivity index (χ3v) is 7.60. The number of piperazine rings is 1. The van der Waals surface area contributed by atoms with Gasteiger partial charge in [-0.15, -0.1) is 0 Å². The second-order valence-corrected chi connectivity index (χ2v) is 12.6. The molecule has 12 heteroatoms. The number of amides is 1. The van der Waals surface area contributed by atoms with E-state index < -0.39 is 10.9 Å². The molecule has 2 saturated heterocycles. The van der Waals surface area contributed by atoms with Crippen LogP contribution in [0.5, 0.6) is 17.2 Å². The van der Waals surface area contributed by atoms with Crippen LogP contribution in [0.2, 0.25) is 0 Å². The Morgan fingerprint density at radius 1 is 0.894 bits per heavy atom. The minimum absolute atomic E-state index is 0. The Hall–Kier alpha value is -4.06. The molecular formula is C35H54N4O8. The maximum Gasteiger partial charge on any atom is 0.311 e. The standard InChI is InChI=1S/C32H46N4O6.C2H4O2.CH4/c1-24(2)22-40-27-7-5-26(6-8-27)34-19-17-33(18-20-34)14-13-32(37)35-15-11-28(12-16-35)42-29-9-10-30(36(38)39)31(21-29)41-23-25(3)4;1-2(3)4;/h5-10,21,24-25,28H,11-20,22-23H2,1-4H3;1H3,(H,3,4);1H4. The first-order chi connectivity index (χ1) is 21.9. The summed E-state index contributed by atoms with van der Waals surface area (Å²) in [6.07, 6.45) is 1.93. The van der Waals surface area contributed by atoms with Crippen LogP contribution in [0, 0.1) is 22.0 Å². The van der Waals surface area contributed by atoms with Crippen molar-refractivity contribution in [1.82, 2.24) is 9.80 Å². The van der Waals surface area contributed by atoms with Crippen LogP contribution < -0.4 is 19.1 Å². The Labute approximate surface area is 279 Å². The lowest BCUT2D eigenvalue weighted by Crippen LogP contribution is -2.48. The summed E-state index contributed by atoms with van der Waals surface area (Å²) in [4.78, 5) is 39.6. The van der Waals surface area contributed by atoms with Crippen molar-refractivity contribution in [1.29, 1.82) is 0 Å². The lowest BCUT2D eigenvalue weighted by atomic mass is 10.1. The molecule has 0 atom stereocenters. The van der Waals surface area contributed by atoms with Gasteiger partial charge in [0, 0.05) is 89.8 Å². The molecule has 2 heterocycles. The lowest BCUT2D eigenvalue weighted by molar-refractivity contribution is -0.385. The molecule has 1 N–H and O–H groups in total. The summed E-state index contributed by atoms with van der Waals surface area (Å²) in [5.74, 6) is 1.80. The highest BCUT2D eigenvalue weighted by atomic mass is 16.6. The Morgan fingerprint density at radius 2 is 1.45 bits per heavy atom. The second kappa shape index (κ2) is 19.6. The molecule has 0 saturated carbocycles. The van der Waals surface area contributed by atoms with Crippen molar-refractivity contribution in [3.8, 4) is 17.2 Å². The Morgan fingerprint density at radius 3 is 2.00 bits per heavy atom. The zero-order valence-corrected chi connectivity index (χ0v) is 27.9. The highest BCUT2D eigenvalue weighted by molar-refractivity contribution is 5.76. The highest BCUT2D eigenvalue weighted by Crippen LogP contribution is 2.33. The van der Waals surface area contributed by atoms with E-state index in [2.05, 4.69) is 35.8 Å². The number of hydrogen-bond donors (Lipinski definition) is 1. The predicted molar refractivity (Wildman–Crippen MR) is 184 cm³/mol. The fraction of sp³-hybridized carbons (Fsp3) is 0.600. The van der Waals surface area contributed by atoms with E-state index in [-0.39, 0.29) is 36.8 Å². The molecule has 2 aliphatic rings. The van der Waals surface area contributed by atoms with Crippen LogP contribution in [0.4, 0.5) is 11.4 Å². The molecule has 47 heavy (non-hydrogen) atoms. The molecule has 2 aromatic carbocycles. The third kappa shape index (κ3) is 13.7. The SMILES string of the molecule is C.CC(=O)O.CC(C)COc1ccc(N2CCN(CCC(=O)N3CCC(Oc4ccc([N+](=O)[O-])c(OCC(C)C)c4)CC3)CC2)cc1. The van der Waals surface area contributed by atoms with Crippen LogP contribution in [0.25, 0.3) is 0 Å². The van der Waals surface area contributed by atoms with Gasteiger partial charge in [-0.25, -0.2) is 0 Å². The monoisotopic (exact) mass is 658 g/mol. The third-order valence-electron chi connectivity index (χ3n) is 7.60. The topological polar surface area (TPSA) is 135 Å². The number of carboxylic acids is 1. The van der Waals surface area contributed by atoms with Crippen LogP contribution >= 0.6 is 0 Å². The number of carbonyl (C=O) groups excluding carboxylic acids is 1. The molecule has 0 spiro atoms. The Kier molecular flexibility index (Phi) is 16.3. The normalized spacial score (nSPS) is 15.4. The summed E-state index contributed by atoms with van der Waals surface area (Å²) < 4.78 is 17.6. The van der Waals surface area contributed by atoms with Crippen molar-refractivity contribution in [3.63, 3.8) is 0 Å². The van der Waals surface area contributed by atoms with Gasteiger partial charge in [0.25, 0.3) is 5.97 Å². The van der Waals surface area contributed by atoms with Gasteiger partial charge in [0.05, 0.1) is 18.1 Å². The molecule has 0 radical (unpaired) electrons. The average Bonchev–Trinajstić information content (AvgIpc) is 3.02. The lowest BCUT2D eigenvalue weighted by Gasteiger charge is -2.37. The van der Waals surface area contributed by atoms with Gasteiger partial charge in [-0.3, -0.25) is 24.6 Å². The number of hydrogen-bond acceptors (Lipinski definition) is 9. The number of carboxylic acid groups (broad SMARTS) is 1. The van der Waals surface area contributed by atoms with Gasteiger partial charge in [0.2, 0.25) is 11.7 Å². The average molecular weight is 659 g/mol. The molecule has 1 amide bonds. The molecule has 2 aliphatic heterocycles. The molecule has 0 bridgehead atoms. The molecule has 2 aromatic rings. The molecule has 0 unspecified atom stereocenters. The number of piperidine rings is 1. The van der Waals surface area contributed by atoms with E-state index >= 15 is 0 Å². The number of rotatable bonds is 13. The largest absolute Gasteiger partial charge is 0.493 e. The van der Waals surface area contributed by atoms with Gasteiger partial charge < -0.3 is 29.1 Å². The fourth-order valence-electron chi connectivity index (χ4n) is 5.16. The van der Waals surface area contributed by atoms with Gasteiger partial charge in [-0.1, -0.05) is 35.1 Å². The van der Waals surface area contributed by atoms with Gasteiger partial charge in [-0.2, -0.15) is 0 Å². The quantitative estimate of drug-likeness (QED) is 0.203. The number of ether oxygens (including phenoxy) is 3. The summed E-state index contributed by atoms with van der Waals surface area (Å²) >= 11 is 0. The maximum absolute atomic E-state index is 12.9. The van der Waals surface area contributed by atoms with Crippen molar-refractivity contribution in [3.05, 3.63) is 52.6 Å². The zero-order chi connectivity index (χ0) is 33.6. The Balaban J connectivity index is 0.00000145.